The van der Waals surface area contributed by atoms with Gasteiger partial charge in [-0.05, 0) is 18.2 Å². The standard InChI is InChI=1S/C13H8N4O3/c18-12(19)8-5-9(7-14-6-8)20-13-15-10-3-1-2-4-11(10)16-17-13/h1-7H,(H,18,19). The fourth-order valence-corrected chi connectivity index (χ4v) is 1.61. The van der Waals surface area contributed by atoms with Crippen molar-refractivity contribution >= 4 is 17.0 Å². The maximum atomic E-state index is 10.8. The highest BCUT2D eigenvalue weighted by Crippen LogP contribution is 2.18. The molecule has 0 unspecified atom stereocenters. The summed E-state index contributed by atoms with van der Waals surface area (Å²) in [7, 11) is 0. The number of carboxylic acids is 1. The zero-order valence-corrected chi connectivity index (χ0v) is 10.1. The van der Waals surface area contributed by atoms with Crippen molar-refractivity contribution < 1.29 is 14.6 Å². The Kier molecular flexibility index (Phi) is 2.92. The number of benzene rings is 1. The summed E-state index contributed by atoms with van der Waals surface area (Å²) in [4.78, 5) is 18.8. The Morgan fingerprint density at radius 3 is 2.70 bits per heavy atom. The van der Waals surface area contributed by atoms with Crippen molar-refractivity contribution in [3.05, 3.63) is 48.3 Å². The van der Waals surface area contributed by atoms with E-state index in [1.165, 1.54) is 18.5 Å². The van der Waals surface area contributed by atoms with E-state index < -0.39 is 5.97 Å². The Labute approximate surface area is 112 Å². The highest BCUT2D eigenvalue weighted by molar-refractivity contribution is 5.87. The van der Waals surface area contributed by atoms with Gasteiger partial charge in [0.2, 0.25) is 0 Å². The predicted molar refractivity (Wildman–Crippen MR) is 68.6 cm³/mol. The lowest BCUT2D eigenvalue weighted by Gasteiger charge is -2.04. The molecule has 0 atom stereocenters. The number of rotatable bonds is 3. The minimum absolute atomic E-state index is 0.0243. The number of fused-ring (bicyclic) bond motifs is 1. The average molecular weight is 268 g/mol. The average Bonchev–Trinajstić information content (AvgIpc) is 2.47. The first-order valence-corrected chi connectivity index (χ1v) is 5.68. The number of pyridine rings is 1. The number of ether oxygens (including phenoxy) is 1. The fourth-order valence-electron chi connectivity index (χ4n) is 1.61. The number of nitrogens with zero attached hydrogens (tertiary/aromatic N) is 4. The molecule has 3 rings (SSSR count). The molecule has 0 aliphatic heterocycles. The van der Waals surface area contributed by atoms with E-state index in [0.29, 0.717) is 11.0 Å². The molecule has 0 aliphatic carbocycles. The van der Waals surface area contributed by atoms with Crippen molar-refractivity contribution in [1.29, 1.82) is 0 Å². The van der Waals surface area contributed by atoms with Crippen molar-refractivity contribution in [2.45, 2.75) is 0 Å². The minimum atomic E-state index is -1.08. The molecule has 2 aromatic heterocycles. The van der Waals surface area contributed by atoms with Gasteiger partial charge in [0.05, 0.1) is 17.3 Å². The highest BCUT2D eigenvalue weighted by Gasteiger charge is 2.08. The topological polar surface area (TPSA) is 98.1 Å². The Morgan fingerprint density at radius 1 is 1.10 bits per heavy atom. The molecule has 0 bridgehead atoms. The van der Waals surface area contributed by atoms with E-state index in [1.54, 1.807) is 12.1 Å². The molecule has 0 radical (unpaired) electrons. The zero-order chi connectivity index (χ0) is 13.9. The van der Waals surface area contributed by atoms with Crippen molar-refractivity contribution in [3.63, 3.8) is 0 Å². The minimum Gasteiger partial charge on any atom is -0.478 e. The van der Waals surface area contributed by atoms with Gasteiger partial charge in [0.25, 0.3) is 0 Å². The summed E-state index contributed by atoms with van der Waals surface area (Å²) in [6.45, 7) is 0. The number of para-hydroxylation sites is 1. The summed E-state index contributed by atoms with van der Waals surface area (Å²) in [6, 6.07) is 8.60. The third-order valence-electron chi connectivity index (χ3n) is 2.51. The van der Waals surface area contributed by atoms with Crippen LogP contribution in [0, 0.1) is 0 Å². The first-order valence-electron chi connectivity index (χ1n) is 5.68. The molecule has 0 saturated carbocycles. The van der Waals surface area contributed by atoms with Crippen molar-refractivity contribution in [2.75, 3.05) is 0 Å². The van der Waals surface area contributed by atoms with Gasteiger partial charge in [-0.15, -0.1) is 5.10 Å². The Balaban J connectivity index is 1.92. The summed E-state index contributed by atoms with van der Waals surface area (Å²) in [6.07, 6.45) is 2.61. The molecule has 0 saturated heterocycles. The lowest BCUT2D eigenvalue weighted by molar-refractivity contribution is 0.0696. The van der Waals surface area contributed by atoms with Gasteiger partial charge in [0, 0.05) is 6.20 Å². The largest absolute Gasteiger partial charge is 0.478 e. The number of carbonyl (C=O) groups is 1. The second-order valence-corrected chi connectivity index (χ2v) is 3.90. The zero-order valence-electron chi connectivity index (χ0n) is 10.1. The second kappa shape index (κ2) is 4.88. The summed E-state index contributed by atoms with van der Waals surface area (Å²) in [5.41, 5.74) is 1.31. The van der Waals surface area contributed by atoms with Crippen LogP contribution < -0.4 is 4.74 Å². The van der Waals surface area contributed by atoms with Crippen LogP contribution in [0.5, 0.6) is 11.8 Å². The van der Waals surface area contributed by atoms with E-state index >= 15 is 0 Å². The van der Waals surface area contributed by atoms with Gasteiger partial charge in [-0.1, -0.05) is 17.2 Å². The van der Waals surface area contributed by atoms with Crippen LogP contribution in [-0.2, 0) is 0 Å². The molecule has 1 aromatic carbocycles. The van der Waals surface area contributed by atoms with Crippen LogP contribution in [0.2, 0.25) is 0 Å². The molecule has 0 spiro atoms. The first-order chi connectivity index (χ1) is 9.72. The Morgan fingerprint density at radius 2 is 1.90 bits per heavy atom. The molecule has 0 amide bonds. The molecular formula is C13H8N4O3. The maximum Gasteiger partial charge on any atom is 0.341 e. The summed E-state index contributed by atoms with van der Waals surface area (Å²) >= 11 is 0. The van der Waals surface area contributed by atoms with Gasteiger partial charge >= 0.3 is 12.0 Å². The van der Waals surface area contributed by atoms with Crippen molar-refractivity contribution in [2.24, 2.45) is 0 Å². The van der Waals surface area contributed by atoms with E-state index in [2.05, 4.69) is 20.2 Å². The van der Waals surface area contributed by atoms with Crippen LogP contribution in [0.25, 0.3) is 11.0 Å². The predicted octanol–water partition coefficient (Wildman–Crippen LogP) is 1.91. The molecule has 0 fully saturated rings. The smallest absolute Gasteiger partial charge is 0.341 e. The summed E-state index contributed by atoms with van der Waals surface area (Å²) < 4.78 is 5.37. The van der Waals surface area contributed by atoms with E-state index in [-0.39, 0.29) is 17.3 Å². The number of aromatic nitrogens is 4. The highest BCUT2D eigenvalue weighted by atomic mass is 16.5. The van der Waals surface area contributed by atoms with Crippen LogP contribution in [-0.4, -0.2) is 31.2 Å². The van der Waals surface area contributed by atoms with Crippen LogP contribution in [0.4, 0.5) is 0 Å². The lowest BCUT2D eigenvalue weighted by atomic mass is 10.3. The van der Waals surface area contributed by atoms with Gasteiger partial charge in [-0.2, -0.15) is 4.98 Å². The SMILES string of the molecule is O=C(O)c1cncc(Oc2nnc3ccccc3n2)c1. The fraction of sp³-hybridized carbons (Fsp3) is 0. The quantitative estimate of drug-likeness (QED) is 0.774. The normalized spacial score (nSPS) is 10.4. The van der Waals surface area contributed by atoms with Crippen LogP contribution in [0.1, 0.15) is 10.4 Å². The van der Waals surface area contributed by atoms with Gasteiger partial charge in [-0.3, -0.25) is 4.98 Å². The van der Waals surface area contributed by atoms with Gasteiger partial charge < -0.3 is 9.84 Å². The van der Waals surface area contributed by atoms with Crippen LogP contribution >= 0.6 is 0 Å². The molecule has 0 aliphatic rings. The maximum absolute atomic E-state index is 10.8. The van der Waals surface area contributed by atoms with Gasteiger partial charge in [-0.25, -0.2) is 4.79 Å². The molecule has 7 nitrogen and oxygen atoms in total. The molecular weight excluding hydrogens is 260 g/mol. The Bertz CT molecular complexity index is 791. The molecule has 20 heavy (non-hydrogen) atoms. The second-order valence-electron chi connectivity index (χ2n) is 3.90. The van der Waals surface area contributed by atoms with E-state index in [4.69, 9.17) is 9.84 Å². The van der Waals surface area contributed by atoms with E-state index in [0.717, 1.165) is 0 Å². The molecule has 98 valence electrons. The van der Waals surface area contributed by atoms with Gasteiger partial charge in [0.15, 0.2) is 0 Å². The third-order valence-corrected chi connectivity index (χ3v) is 2.51. The molecule has 2 heterocycles. The first kappa shape index (κ1) is 12.0. The third kappa shape index (κ3) is 2.37. The lowest BCUT2D eigenvalue weighted by Crippen LogP contribution is -1.99. The monoisotopic (exact) mass is 268 g/mol. The summed E-state index contributed by atoms with van der Waals surface area (Å²) in [5.74, 6) is -0.845. The number of carboxylic acid groups (broad SMARTS) is 1. The number of hydrogen-bond donors (Lipinski definition) is 1. The molecule has 1 N–H and O–H groups in total. The van der Waals surface area contributed by atoms with Crippen molar-refractivity contribution in [3.8, 4) is 11.8 Å². The molecule has 3 aromatic rings. The van der Waals surface area contributed by atoms with Crippen molar-refractivity contribution in [1.82, 2.24) is 20.2 Å². The van der Waals surface area contributed by atoms with Crippen LogP contribution in [0.3, 0.4) is 0 Å². The van der Waals surface area contributed by atoms with Gasteiger partial charge in [0.1, 0.15) is 11.3 Å². The Hall–Kier alpha value is -3.09. The van der Waals surface area contributed by atoms with E-state index in [9.17, 15) is 4.79 Å². The number of hydrogen-bond acceptors (Lipinski definition) is 6. The summed E-state index contributed by atoms with van der Waals surface area (Å²) in [5, 5.41) is 16.7. The molecule has 7 heteroatoms. The van der Waals surface area contributed by atoms with E-state index in [1.807, 2.05) is 12.1 Å². The number of aromatic carboxylic acids is 1. The van der Waals surface area contributed by atoms with Crippen LogP contribution in [0.15, 0.2) is 42.7 Å².